The highest BCUT2D eigenvalue weighted by Gasteiger charge is 2.32. The summed E-state index contributed by atoms with van der Waals surface area (Å²) in [6.45, 7) is 1.51. The van der Waals surface area contributed by atoms with E-state index in [1.54, 1.807) is 0 Å². The van der Waals surface area contributed by atoms with Gasteiger partial charge >= 0.3 is 0 Å². The van der Waals surface area contributed by atoms with Crippen molar-refractivity contribution < 1.29 is 22.4 Å². The Balaban J connectivity index is 1.88. The zero-order valence-electron chi connectivity index (χ0n) is 20.3. The minimum absolute atomic E-state index is 0.0886. The molecule has 2 amide bonds. The number of amides is 2. The van der Waals surface area contributed by atoms with Crippen molar-refractivity contribution in [3.63, 3.8) is 0 Å². The first-order valence-corrected chi connectivity index (χ1v) is 13.9. The molecule has 2 aromatic rings. The number of halogens is 1. The number of carbonyl (C=O) groups excluding carboxylic acids is 2. The van der Waals surface area contributed by atoms with Gasteiger partial charge in [0.15, 0.2) is 0 Å². The van der Waals surface area contributed by atoms with Crippen LogP contribution in [0, 0.1) is 5.82 Å². The Hall–Kier alpha value is -2.94. The topological polar surface area (TPSA) is 86.8 Å². The second-order valence-corrected chi connectivity index (χ2v) is 10.9. The van der Waals surface area contributed by atoms with Gasteiger partial charge in [-0.1, -0.05) is 56.5 Å². The van der Waals surface area contributed by atoms with Crippen molar-refractivity contribution in [3.8, 4) is 0 Å². The Labute approximate surface area is 207 Å². The van der Waals surface area contributed by atoms with Gasteiger partial charge in [-0.25, -0.2) is 12.8 Å². The molecule has 1 aliphatic rings. The minimum Gasteiger partial charge on any atom is -0.352 e. The Kier molecular flexibility index (Phi) is 9.26. The van der Waals surface area contributed by atoms with Crippen molar-refractivity contribution in [2.75, 3.05) is 17.1 Å². The second kappa shape index (κ2) is 12.2. The summed E-state index contributed by atoms with van der Waals surface area (Å²) < 4.78 is 39.5. The number of hydrogen-bond acceptors (Lipinski definition) is 4. The Morgan fingerprint density at radius 2 is 1.66 bits per heavy atom. The molecule has 190 valence electrons. The number of hydrogen-bond donors (Lipinski definition) is 1. The van der Waals surface area contributed by atoms with E-state index in [4.69, 9.17) is 0 Å². The molecule has 0 heterocycles. The zero-order chi connectivity index (χ0) is 25.4. The molecule has 35 heavy (non-hydrogen) atoms. The number of benzene rings is 2. The second-order valence-electron chi connectivity index (χ2n) is 9.02. The number of nitrogens with zero attached hydrogens (tertiary/aromatic N) is 2. The normalized spacial score (nSPS) is 15.3. The quantitative estimate of drug-likeness (QED) is 0.534. The summed E-state index contributed by atoms with van der Waals surface area (Å²) in [6.07, 6.45) is 6.50. The third-order valence-electron chi connectivity index (χ3n) is 6.33. The van der Waals surface area contributed by atoms with Crippen molar-refractivity contribution in [2.24, 2.45) is 0 Å². The fourth-order valence-corrected chi connectivity index (χ4v) is 5.31. The average Bonchev–Trinajstić information content (AvgIpc) is 2.83. The number of sulfonamides is 1. The first-order chi connectivity index (χ1) is 16.7. The van der Waals surface area contributed by atoms with Crippen LogP contribution in [0.25, 0.3) is 0 Å². The van der Waals surface area contributed by atoms with Gasteiger partial charge in [0, 0.05) is 12.6 Å². The van der Waals surface area contributed by atoms with Crippen LogP contribution in [-0.2, 0) is 26.2 Å². The van der Waals surface area contributed by atoms with Gasteiger partial charge in [-0.15, -0.1) is 0 Å². The smallest absolute Gasteiger partial charge is 0.244 e. The van der Waals surface area contributed by atoms with E-state index in [0.717, 1.165) is 60.4 Å². The van der Waals surface area contributed by atoms with E-state index in [2.05, 4.69) is 5.32 Å². The zero-order valence-corrected chi connectivity index (χ0v) is 21.1. The first-order valence-electron chi connectivity index (χ1n) is 12.1. The molecule has 0 saturated heterocycles. The van der Waals surface area contributed by atoms with E-state index in [9.17, 15) is 22.4 Å². The molecule has 0 bridgehead atoms. The van der Waals surface area contributed by atoms with Crippen LogP contribution in [0.3, 0.4) is 0 Å². The third-order valence-corrected chi connectivity index (χ3v) is 7.47. The third kappa shape index (κ3) is 7.52. The Bertz CT molecular complexity index is 1090. The molecule has 0 spiro atoms. The highest BCUT2D eigenvalue weighted by Crippen LogP contribution is 2.21. The molecule has 3 rings (SSSR count). The molecule has 1 aliphatic carbocycles. The highest BCUT2D eigenvalue weighted by molar-refractivity contribution is 7.92. The van der Waals surface area contributed by atoms with Crippen LogP contribution in [0.2, 0.25) is 0 Å². The maximum Gasteiger partial charge on any atom is 0.244 e. The standard InChI is InChI=1S/C26H34FN3O4S/c1-3-24(26(32)28-22-12-8-5-9-13-22)29(18-20-10-6-4-7-11-20)25(31)19-30(35(2,33)34)23-16-14-21(27)15-17-23/h4,6-7,10-11,14-17,22,24H,3,5,8-9,12-13,18-19H2,1-2H3,(H,28,32). The summed E-state index contributed by atoms with van der Waals surface area (Å²) in [5.74, 6) is -1.24. The van der Waals surface area contributed by atoms with Gasteiger partial charge in [0.05, 0.1) is 11.9 Å². The molecule has 1 saturated carbocycles. The fourth-order valence-electron chi connectivity index (χ4n) is 4.46. The molecule has 0 aliphatic heterocycles. The molecular formula is C26H34FN3O4S. The predicted molar refractivity (Wildman–Crippen MR) is 135 cm³/mol. The minimum atomic E-state index is -3.84. The van der Waals surface area contributed by atoms with E-state index in [0.29, 0.717) is 6.42 Å². The molecule has 1 fully saturated rings. The Morgan fingerprint density at radius 1 is 1.03 bits per heavy atom. The van der Waals surface area contributed by atoms with E-state index < -0.39 is 34.3 Å². The summed E-state index contributed by atoms with van der Waals surface area (Å²) in [5.41, 5.74) is 1.01. The van der Waals surface area contributed by atoms with Gasteiger partial charge in [0.2, 0.25) is 21.8 Å². The molecule has 1 atom stereocenters. The molecule has 2 aromatic carbocycles. The van der Waals surface area contributed by atoms with Gasteiger partial charge < -0.3 is 10.2 Å². The highest BCUT2D eigenvalue weighted by atomic mass is 32.2. The van der Waals surface area contributed by atoms with E-state index in [1.807, 2.05) is 37.3 Å². The number of anilines is 1. The van der Waals surface area contributed by atoms with Crippen LogP contribution < -0.4 is 9.62 Å². The fraction of sp³-hybridized carbons (Fsp3) is 0.462. The number of nitrogens with one attached hydrogen (secondary N) is 1. The van der Waals surface area contributed by atoms with Crippen LogP contribution in [-0.4, -0.2) is 50.0 Å². The van der Waals surface area contributed by atoms with Crippen molar-refractivity contribution in [2.45, 2.75) is 64.1 Å². The summed E-state index contributed by atoms with van der Waals surface area (Å²) in [4.78, 5) is 28.4. The molecular weight excluding hydrogens is 469 g/mol. The summed E-state index contributed by atoms with van der Waals surface area (Å²) in [5, 5.41) is 3.11. The Morgan fingerprint density at radius 3 is 2.23 bits per heavy atom. The molecule has 1 unspecified atom stereocenters. The molecule has 1 N–H and O–H groups in total. The predicted octanol–water partition coefficient (Wildman–Crippen LogP) is 3.85. The average molecular weight is 504 g/mol. The van der Waals surface area contributed by atoms with Crippen molar-refractivity contribution in [1.29, 1.82) is 0 Å². The van der Waals surface area contributed by atoms with Gasteiger partial charge in [-0.2, -0.15) is 0 Å². The molecule has 9 heteroatoms. The van der Waals surface area contributed by atoms with Crippen molar-refractivity contribution >= 4 is 27.5 Å². The van der Waals surface area contributed by atoms with Crippen LogP contribution in [0.1, 0.15) is 51.0 Å². The van der Waals surface area contributed by atoms with Crippen molar-refractivity contribution in [3.05, 3.63) is 66.0 Å². The molecule has 0 aromatic heterocycles. The van der Waals surface area contributed by atoms with E-state index in [1.165, 1.54) is 17.0 Å². The molecule has 7 nitrogen and oxygen atoms in total. The van der Waals surface area contributed by atoms with Gasteiger partial charge in [-0.05, 0) is 49.1 Å². The maximum atomic E-state index is 13.6. The van der Waals surface area contributed by atoms with Gasteiger partial charge in [-0.3, -0.25) is 13.9 Å². The van der Waals surface area contributed by atoms with E-state index in [-0.39, 0.29) is 24.2 Å². The largest absolute Gasteiger partial charge is 0.352 e. The summed E-state index contributed by atoms with van der Waals surface area (Å²) >= 11 is 0. The monoisotopic (exact) mass is 503 g/mol. The van der Waals surface area contributed by atoms with Crippen LogP contribution in [0.5, 0.6) is 0 Å². The van der Waals surface area contributed by atoms with Gasteiger partial charge in [0.1, 0.15) is 18.4 Å². The van der Waals surface area contributed by atoms with E-state index >= 15 is 0 Å². The summed E-state index contributed by atoms with van der Waals surface area (Å²) in [6, 6.07) is 13.5. The van der Waals surface area contributed by atoms with Crippen LogP contribution in [0.4, 0.5) is 10.1 Å². The lowest BCUT2D eigenvalue weighted by molar-refractivity contribution is -0.140. The van der Waals surface area contributed by atoms with Crippen molar-refractivity contribution in [1.82, 2.24) is 10.2 Å². The SMILES string of the molecule is CCC(C(=O)NC1CCCCC1)N(Cc1ccccc1)C(=O)CN(c1ccc(F)cc1)S(C)(=O)=O. The number of rotatable bonds is 10. The van der Waals surface area contributed by atoms with Crippen LogP contribution in [0.15, 0.2) is 54.6 Å². The first kappa shape index (κ1) is 26.7. The number of carbonyl (C=O) groups is 2. The van der Waals surface area contributed by atoms with Crippen LogP contribution >= 0.6 is 0 Å². The lowest BCUT2D eigenvalue weighted by Crippen LogP contribution is -2.53. The lowest BCUT2D eigenvalue weighted by Gasteiger charge is -2.34. The molecule has 0 radical (unpaired) electrons. The lowest BCUT2D eigenvalue weighted by atomic mass is 9.95. The summed E-state index contributed by atoms with van der Waals surface area (Å²) in [7, 11) is -3.84. The maximum absolute atomic E-state index is 13.6. The van der Waals surface area contributed by atoms with Gasteiger partial charge in [0.25, 0.3) is 0 Å².